The molecule has 0 radical (unpaired) electrons. The molecule has 1 fully saturated rings. The Morgan fingerprint density at radius 2 is 1.74 bits per heavy atom. The number of aliphatic carboxylic acids is 1. The number of hydrogen-bond donors (Lipinski definition) is 3. The van der Waals surface area contributed by atoms with Gasteiger partial charge in [0.05, 0.1) is 23.4 Å². The number of hydrogen-bond acceptors (Lipinski definition) is 6. The number of nitrogens with zero attached hydrogens (tertiary/aromatic N) is 2. The van der Waals surface area contributed by atoms with Crippen LogP contribution in [0.25, 0.3) is 22.4 Å². The van der Waals surface area contributed by atoms with E-state index in [4.69, 9.17) is 32.9 Å². The summed E-state index contributed by atoms with van der Waals surface area (Å²) in [5.74, 6) is -1.25. The number of benzene rings is 2. The summed E-state index contributed by atoms with van der Waals surface area (Å²) in [4.78, 5) is 32.4. The maximum Gasteiger partial charge on any atom is 0.329 e. The molecule has 0 atom stereocenters. The molecular formula is C31H36Cl3N3O5. The predicted octanol–water partition coefficient (Wildman–Crippen LogP) is 6.27. The highest BCUT2D eigenvalue weighted by Crippen LogP contribution is 2.38. The van der Waals surface area contributed by atoms with E-state index in [9.17, 15) is 19.8 Å². The number of rotatable bonds is 10. The van der Waals surface area contributed by atoms with Crippen LogP contribution in [0.1, 0.15) is 48.2 Å². The molecule has 1 aliphatic carbocycles. The number of amides is 1. The van der Waals surface area contributed by atoms with Crippen molar-refractivity contribution in [2.24, 2.45) is 0 Å². The number of ether oxygens (including phenoxy) is 1. The van der Waals surface area contributed by atoms with Gasteiger partial charge >= 0.3 is 5.97 Å². The largest absolute Gasteiger partial charge is 0.492 e. The molecule has 0 unspecified atom stereocenters. The van der Waals surface area contributed by atoms with Gasteiger partial charge in [-0.05, 0) is 89.5 Å². The zero-order valence-electron chi connectivity index (χ0n) is 23.8. The van der Waals surface area contributed by atoms with Crippen molar-refractivity contribution in [1.29, 1.82) is 0 Å². The van der Waals surface area contributed by atoms with Gasteiger partial charge in [-0.15, -0.1) is 12.4 Å². The molecule has 11 heteroatoms. The quantitative estimate of drug-likeness (QED) is 0.225. The van der Waals surface area contributed by atoms with Crippen LogP contribution in [-0.2, 0) is 4.79 Å². The van der Waals surface area contributed by atoms with Crippen LogP contribution in [-0.4, -0.2) is 70.9 Å². The van der Waals surface area contributed by atoms with Gasteiger partial charge in [-0.1, -0.05) is 40.9 Å². The molecule has 226 valence electrons. The number of aliphatic hydroxyl groups is 1. The topological polar surface area (TPSA) is 112 Å². The van der Waals surface area contributed by atoms with E-state index in [1.54, 1.807) is 30.3 Å². The lowest BCUT2D eigenvalue weighted by atomic mass is 9.80. The maximum atomic E-state index is 13.4. The third kappa shape index (κ3) is 7.94. The molecule has 3 N–H and O–H groups in total. The van der Waals surface area contributed by atoms with Crippen molar-refractivity contribution >= 4 is 47.5 Å². The highest BCUT2D eigenvalue weighted by Gasteiger charge is 2.43. The van der Waals surface area contributed by atoms with Crippen LogP contribution in [0.3, 0.4) is 0 Å². The fourth-order valence-corrected chi connectivity index (χ4v) is 5.35. The van der Waals surface area contributed by atoms with Crippen molar-refractivity contribution in [3.8, 4) is 28.1 Å². The Hall–Kier alpha value is -2.88. The molecule has 4 rings (SSSR count). The van der Waals surface area contributed by atoms with Crippen LogP contribution in [0.15, 0.2) is 48.5 Å². The lowest BCUT2D eigenvalue weighted by Crippen LogP contribution is -2.57. The van der Waals surface area contributed by atoms with Gasteiger partial charge in [0.1, 0.15) is 17.0 Å². The normalized spacial score (nSPS) is 18.3. The summed E-state index contributed by atoms with van der Waals surface area (Å²) in [6.45, 7) is 3.30. The minimum absolute atomic E-state index is 0. The SMILES string of the molecule is Cc1ccc(Cl)c(-c2ccc(C(=O)NC3(C(=O)O)CCC(O)CC3)nc2-c2ccc(Cl)c(OCCCN(C)C)c2)c1.Cl. The second kappa shape index (κ2) is 14.5. The standard InChI is InChI=1S/C31H35Cl2N3O5.ClH/c1-19-5-8-24(32)23(17-19)22-7-10-26(29(38)35-31(30(39)40)13-11-21(37)12-14-31)34-28(22)20-6-9-25(33)27(18-20)41-16-4-15-36(2)3;/h5-10,17-18,21,37H,4,11-16H2,1-3H3,(H,35,38)(H,39,40);1H. The van der Waals surface area contributed by atoms with Gasteiger partial charge < -0.3 is 25.2 Å². The molecule has 1 aromatic heterocycles. The van der Waals surface area contributed by atoms with Crippen LogP contribution >= 0.6 is 35.6 Å². The van der Waals surface area contributed by atoms with Gasteiger partial charge in [-0.3, -0.25) is 4.79 Å². The fraction of sp³-hybridized carbons (Fsp3) is 0.387. The van der Waals surface area contributed by atoms with Crippen LogP contribution in [0.5, 0.6) is 5.75 Å². The highest BCUT2D eigenvalue weighted by molar-refractivity contribution is 6.33. The van der Waals surface area contributed by atoms with Crippen molar-refractivity contribution in [1.82, 2.24) is 15.2 Å². The summed E-state index contributed by atoms with van der Waals surface area (Å²) < 4.78 is 5.99. The first kappa shape index (κ1) is 33.6. The third-order valence-corrected chi connectivity index (χ3v) is 7.96. The second-order valence-electron chi connectivity index (χ2n) is 10.8. The van der Waals surface area contributed by atoms with Crippen molar-refractivity contribution in [3.63, 3.8) is 0 Å². The number of aromatic nitrogens is 1. The Kier molecular flexibility index (Phi) is 11.6. The molecule has 1 amide bonds. The Morgan fingerprint density at radius 1 is 1.05 bits per heavy atom. The zero-order chi connectivity index (χ0) is 29.7. The lowest BCUT2D eigenvalue weighted by Gasteiger charge is -2.35. The first-order valence-electron chi connectivity index (χ1n) is 13.6. The predicted molar refractivity (Wildman–Crippen MR) is 168 cm³/mol. The summed E-state index contributed by atoms with van der Waals surface area (Å²) >= 11 is 13.1. The fourth-order valence-electron chi connectivity index (χ4n) is 4.96. The molecule has 1 aliphatic rings. The molecular weight excluding hydrogens is 601 g/mol. The number of carboxylic acid groups (broad SMARTS) is 1. The number of carbonyl (C=O) groups is 2. The van der Waals surface area contributed by atoms with Crippen LogP contribution in [0.4, 0.5) is 0 Å². The van der Waals surface area contributed by atoms with Crippen LogP contribution in [0, 0.1) is 6.92 Å². The van der Waals surface area contributed by atoms with Crippen molar-refractivity contribution in [2.75, 3.05) is 27.2 Å². The van der Waals surface area contributed by atoms with E-state index in [1.807, 2.05) is 39.2 Å². The van der Waals surface area contributed by atoms with E-state index in [0.29, 0.717) is 39.2 Å². The summed E-state index contributed by atoms with van der Waals surface area (Å²) in [5, 5.41) is 23.5. The van der Waals surface area contributed by atoms with Gasteiger partial charge in [0.15, 0.2) is 0 Å². The molecule has 0 saturated heterocycles. The minimum atomic E-state index is -1.47. The first-order chi connectivity index (χ1) is 19.5. The van der Waals surface area contributed by atoms with Crippen molar-refractivity contribution in [2.45, 2.75) is 50.7 Å². The van der Waals surface area contributed by atoms with Crippen LogP contribution in [0.2, 0.25) is 10.0 Å². The minimum Gasteiger partial charge on any atom is -0.492 e. The number of aryl methyl sites for hydroxylation is 1. The Bertz CT molecular complexity index is 1420. The van der Waals surface area contributed by atoms with E-state index < -0.39 is 23.5 Å². The highest BCUT2D eigenvalue weighted by atomic mass is 35.5. The molecule has 8 nitrogen and oxygen atoms in total. The van der Waals surface area contributed by atoms with E-state index in [2.05, 4.69) is 10.2 Å². The Labute approximate surface area is 262 Å². The molecule has 0 aliphatic heterocycles. The zero-order valence-corrected chi connectivity index (χ0v) is 26.2. The van der Waals surface area contributed by atoms with Gasteiger partial charge in [0, 0.05) is 28.3 Å². The number of pyridine rings is 1. The molecule has 42 heavy (non-hydrogen) atoms. The summed E-state index contributed by atoms with van der Waals surface area (Å²) in [6.07, 6.45) is 1.08. The second-order valence-corrected chi connectivity index (χ2v) is 11.6. The van der Waals surface area contributed by atoms with E-state index >= 15 is 0 Å². The van der Waals surface area contributed by atoms with Crippen LogP contribution < -0.4 is 10.1 Å². The summed E-state index contributed by atoms with van der Waals surface area (Å²) in [6, 6.07) is 14.3. The molecule has 1 heterocycles. The first-order valence-corrected chi connectivity index (χ1v) is 14.3. The third-order valence-electron chi connectivity index (χ3n) is 7.32. The maximum absolute atomic E-state index is 13.4. The van der Waals surface area contributed by atoms with Crippen molar-refractivity contribution < 1.29 is 24.5 Å². The van der Waals surface area contributed by atoms with Gasteiger partial charge in [-0.25, -0.2) is 9.78 Å². The molecule has 2 aromatic carbocycles. The number of carbonyl (C=O) groups excluding carboxylic acids is 1. The van der Waals surface area contributed by atoms with Gasteiger partial charge in [0.25, 0.3) is 5.91 Å². The number of nitrogens with one attached hydrogen (secondary N) is 1. The Morgan fingerprint density at radius 3 is 2.40 bits per heavy atom. The monoisotopic (exact) mass is 635 g/mol. The summed E-state index contributed by atoms with van der Waals surface area (Å²) in [5.41, 5.74) is 2.17. The molecule has 1 saturated carbocycles. The molecule has 0 bridgehead atoms. The van der Waals surface area contributed by atoms with Crippen molar-refractivity contribution in [3.05, 3.63) is 69.8 Å². The Balaban J connectivity index is 0.00000484. The van der Waals surface area contributed by atoms with E-state index in [0.717, 1.165) is 24.1 Å². The average molecular weight is 637 g/mol. The molecule has 0 spiro atoms. The van der Waals surface area contributed by atoms with Gasteiger partial charge in [-0.2, -0.15) is 0 Å². The smallest absolute Gasteiger partial charge is 0.329 e. The average Bonchev–Trinajstić information content (AvgIpc) is 2.94. The lowest BCUT2D eigenvalue weighted by molar-refractivity contribution is -0.146. The molecule has 3 aromatic rings. The number of halogens is 3. The van der Waals surface area contributed by atoms with E-state index in [1.165, 1.54) is 0 Å². The van der Waals surface area contributed by atoms with Gasteiger partial charge in [0.2, 0.25) is 0 Å². The van der Waals surface area contributed by atoms with E-state index in [-0.39, 0.29) is 43.8 Å². The summed E-state index contributed by atoms with van der Waals surface area (Å²) in [7, 11) is 3.99. The number of carboxylic acids is 1. The number of aliphatic hydroxyl groups excluding tert-OH is 1.